The number of nitrogens with two attached hydrogens (primary N) is 2. The third-order valence-corrected chi connectivity index (χ3v) is 2.20. The lowest BCUT2D eigenvalue weighted by atomic mass is 10.1. The standard InChI is InChI=1S/C10H10ClN5/c11-7-3-1-2-6(4-7)5-8-14-9(12)16-10(13)15-8/h1-4H,5H2,(H4,12,13,14,15,16). The fourth-order valence-electron chi connectivity index (χ4n) is 1.37. The molecule has 4 N–H and O–H groups in total. The second-order valence-corrected chi connectivity index (χ2v) is 3.71. The molecule has 0 radical (unpaired) electrons. The Labute approximate surface area is 97.5 Å². The normalized spacial score (nSPS) is 10.3. The number of hydrogen-bond acceptors (Lipinski definition) is 5. The van der Waals surface area contributed by atoms with Crippen LogP contribution in [0.5, 0.6) is 0 Å². The van der Waals surface area contributed by atoms with Crippen LogP contribution < -0.4 is 11.5 Å². The summed E-state index contributed by atoms with van der Waals surface area (Å²) in [6.07, 6.45) is 0.525. The number of aromatic nitrogens is 3. The van der Waals surface area contributed by atoms with Crippen molar-refractivity contribution in [2.75, 3.05) is 11.5 Å². The molecule has 1 heterocycles. The van der Waals surface area contributed by atoms with E-state index in [1.165, 1.54) is 0 Å². The van der Waals surface area contributed by atoms with Crippen LogP contribution in [0.15, 0.2) is 24.3 Å². The number of rotatable bonds is 2. The molecule has 0 aliphatic carbocycles. The highest BCUT2D eigenvalue weighted by atomic mass is 35.5. The molecule has 1 aromatic carbocycles. The van der Waals surface area contributed by atoms with Gasteiger partial charge in [-0.2, -0.15) is 15.0 Å². The van der Waals surface area contributed by atoms with E-state index in [-0.39, 0.29) is 11.9 Å². The number of halogens is 1. The van der Waals surface area contributed by atoms with Crippen LogP contribution in [0.2, 0.25) is 5.02 Å². The number of anilines is 2. The van der Waals surface area contributed by atoms with Crippen molar-refractivity contribution in [3.63, 3.8) is 0 Å². The molecule has 6 heteroatoms. The lowest BCUT2D eigenvalue weighted by molar-refractivity contribution is 0.939. The van der Waals surface area contributed by atoms with E-state index >= 15 is 0 Å². The second-order valence-electron chi connectivity index (χ2n) is 3.27. The fourth-order valence-corrected chi connectivity index (χ4v) is 1.58. The molecule has 16 heavy (non-hydrogen) atoms. The molecular formula is C10H10ClN5. The van der Waals surface area contributed by atoms with Crippen molar-refractivity contribution in [2.24, 2.45) is 0 Å². The van der Waals surface area contributed by atoms with Gasteiger partial charge in [-0.25, -0.2) is 0 Å². The molecular weight excluding hydrogens is 226 g/mol. The molecule has 0 atom stereocenters. The smallest absolute Gasteiger partial charge is 0.225 e. The minimum absolute atomic E-state index is 0.129. The van der Waals surface area contributed by atoms with Gasteiger partial charge in [-0.1, -0.05) is 23.7 Å². The van der Waals surface area contributed by atoms with Gasteiger partial charge >= 0.3 is 0 Å². The summed E-state index contributed by atoms with van der Waals surface area (Å²) in [5.41, 5.74) is 11.9. The number of benzene rings is 1. The van der Waals surface area contributed by atoms with Crippen molar-refractivity contribution in [1.29, 1.82) is 0 Å². The van der Waals surface area contributed by atoms with Crippen LogP contribution in [0, 0.1) is 0 Å². The van der Waals surface area contributed by atoms with Gasteiger partial charge in [0, 0.05) is 11.4 Å². The molecule has 82 valence electrons. The summed E-state index contributed by atoms with van der Waals surface area (Å²) in [7, 11) is 0. The van der Waals surface area contributed by atoms with Crippen LogP contribution in [0.4, 0.5) is 11.9 Å². The van der Waals surface area contributed by atoms with Crippen molar-refractivity contribution in [1.82, 2.24) is 15.0 Å². The van der Waals surface area contributed by atoms with Gasteiger partial charge in [-0.05, 0) is 17.7 Å². The van der Waals surface area contributed by atoms with Gasteiger partial charge < -0.3 is 11.5 Å². The Balaban J connectivity index is 2.27. The molecule has 5 nitrogen and oxygen atoms in total. The van der Waals surface area contributed by atoms with Crippen LogP contribution >= 0.6 is 11.6 Å². The molecule has 0 saturated carbocycles. The van der Waals surface area contributed by atoms with Gasteiger partial charge in [-0.15, -0.1) is 0 Å². The SMILES string of the molecule is Nc1nc(N)nc(Cc2cccc(Cl)c2)n1. The van der Waals surface area contributed by atoms with Crippen LogP contribution in [-0.2, 0) is 6.42 Å². The molecule has 0 aliphatic rings. The van der Waals surface area contributed by atoms with Gasteiger partial charge in [0.1, 0.15) is 5.82 Å². The highest BCUT2D eigenvalue weighted by Crippen LogP contribution is 2.13. The first-order valence-electron chi connectivity index (χ1n) is 4.64. The average molecular weight is 236 g/mol. The highest BCUT2D eigenvalue weighted by molar-refractivity contribution is 6.30. The number of nitrogen functional groups attached to an aromatic ring is 2. The van der Waals surface area contributed by atoms with E-state index in [1.54, 1.807) is 6.07 Å². The molecule has 0 saturated heterocycles. The number of hydrogen-bond donors (Lipinski definition) is 2. The van der Waals surface area contributed by atoms with E-state index in [0.29, 0.717) is 17.3 Å². The Kier molecular flexibility index (Phi) is 2.87. The monoisotopic (exact) mass is 235 g/mol. The minimum Gasteiger partial charge on any atom is -0.368 e. The summed E-state index contributed by atoms with van der Waals surface area (Å²) in [6, 6.07) is 7.45. The highest BCUT2D eigenvalue weighted by Gasteiger charge is 2.03. The fraction of sp³-hybridized carbons (Fsp3) is 0.100. The van der Waals surface area contributed by atoms with Crippen LogP contribution in [-0.4, -0.2) is 15.0 Å². The Morgan fingerprint density at radius 2 is 1.75 bits per heavy atom. The first-order valence-corrected chi connectivity index (χ1v) is 5.01. The van der Waals surface area contributed by atoms with E-state index in [1.807, 2.05) is 18.2 Å². The zero-order chi connectivity index (χ0) is 11.5. The van der Waals surface area contributed by atoms with Crippen molar-refractivity contribution in [2.45, 2.75) is 6.42 Å². The molecule has 2 rings (SSSR count). The van der Waals surface area contributed by atoms with Crippen molar-refractivity contribution >= 4 is 23.5 Å². The van der Waals surface area contributed by atoms with Gasteiger partial charge in [0.15, 0.2) is 0 Å². The molecule has 0 amide bonds. The Bertz CT molecular complexity index is 494. The van der Waals surface area contributed by atoms with Crippen molar-refractivity contribution in [3.05, 3.63) is 40.7 Å². The third-order valence-electron chi connectivity index (χ3n) is 1.97. The van der Waals surface area contributed by atoms with E-state index < -0.39 is 0 Å². The average Bonchev–Trinajstić information content (AvgIpc) is 2.15. The van der Waals surface area contributed by atoms with Gasteiger partial charge in [0.25, 0.3) is 0 Å². The summed E-state index contributed by atoms with van der Waals surface area (Å²) in [4.78, 5) is 11.7. The first kappa shape index (κ1) is 10.6. The van der Waals surface area contributed by atoms with Crippen LogP contribution in [0.25, 0.3) is 0 Å². The first-order chi connectivity index (χ1) is 7.63. The van der Waals surface area contributed by atoms with Crippen LogP contribution in [0.1, 0.15) is 11.4 Å². The summed E-state index contributed by atoms with van der Waals surface area (Å²) in [6.45, 7) is 0. The minimum atomic E-state index is 0.129. The van der Waals surface area contributed by atoms with E-state index in [0.717, 1.165) is 5.56 Å². The van der Waals surface area contributed by atoms with Crippen molar-refractivity contribution < 1.29 is 0 Å². The molecule has 2 aromatic rings. The summed E-state index contributed by atoms with van der Waals surface area (Å²) in [5.74, 6) is 0.793. The largest absolute Gasteiger partial charge is 0.368 e. The van der Waals surface area contributed by atoms with E-state index in [2.05, 4.69) is 15.0 Å². The Hall–Kier alpha value is -1.88. The van der Waals surface area contributed by atoms with Crippen LogP contribution in [0.3, 0.4) is 0 Å². The quantitative estimate of drug-likeness (QED) is 0.818. The van der Waals surface area contributed by atoms with E-state index in [4.69, 9.17) is 23.1 Å². The molecule has 0 spiro atoms. The second kappa shape index (κ2) is 4.32. The third kappa shape index (κ3) is 2.58. The van der Waals surface area contributed by atoms with E-state index in [9.17, 15) is 0 Å². The predicted octanol–water partition coefficient (Wildman–Crippen LogP) is 1.28. The summed E-state index contributed by atoms with van der Waals surface area (Å²) < 4.78 is 0. The predicted molar refractivity (Wildman–Crippen MR) is 62.9 cm³/mol. The maximum atomic E-state index is 5.87. The molecule has 0 bridgehead atoms. The zero-order valence-corrected chi connectivity index (χ0v) is 9.15. The molecule has 0 fully saturated rings. The molecule has 0 aliphatic heterocycles. The number of nitrogens with zero attached hydrogens (tertiary/aromatic N) is 3. The van der Waals surface area contributed by atoms with Gasteiger partial charge in [0.05, 0.1) is 0 Å². The molecule has 1 aromatic heterocycles. The van der Waals surface area contributed by atoms with Gasteiger partial charge in [-0.3, -0.25) is 0 Å². The lowest BCUT2D eigenvalue weighted by Gasteiger charge is -2.02. The Morgan fingerprint density at radius 3 is 2.38 bits per heavy atom. The van der Waals surface area contributed by atoms with Gasteiger partial charge in [0.2, 0.25) is 11.9 Å². The Morgan fingerprint density at radius 1 is 1.06 bits per heavy atom. The summed E-state index contributed by atoms with van der Waals surface area (Å²) in [5, 5.41) is 0.674. The molecule has 0 unspecified atom stereocenters. The lowest BCUT2D eigenvalue weighted by Crippen LogP contribution is -2.07. The zero-order valence-electron chi connectivity index (χ0n) is 8.39. The maximum absolute atomic E-state index is 5.87. The van der Waals surface area contributed by atoms with Crippen molar-refractivity contribution in [3.8, 4) is 0 Å². The maximum Gasteiger partial charge on any atom is 0.225 e. The topological polar surface area (TPSA) is 90.7 Å². The summed E-state index contributed by atoms with van der Waals surface area (Å²) >= 11 is 5.87.